The van der Waals surface area contributed by atoms with Crippen molar-refractivity contribution in [1.29, 1.82) is 0 Å². The van der Waals surface area contributed by atoms with Crippen molar-refractivity contribution in [3.8, 4) is 11.5 Å². The zero-order valence-electron chi connectivity index (χ0n) is 11.8. The van der Waals surface area contributed by atoms with E-state index in [1.54, 1.807) is 19.1 Å². The summed E-state index contributed by atoms with van der Waals surface area (Å²) >= 11 is 3.28. The molecule has 0 spiro atoms. The molecule has 1 rings (SSSR count). The second-order valence-electron chi connectivity index (χ2n) is 4.23. The first kappa shape index (κ1) is 15.8. The van der Waals surface area contributed by atoms with Crippen LogP contribution in [0.3, 0.4) is 0 Å². The Hall–Kier alpha value is -1.23. The highest BCUT2D eigenvalue weighted by Gasteiger charge is 2.15. The summed E-state index contributed by atoms with van der Waals surface area (Å²) in [4.78, 5) is 13.3. The van der Waals surface area contributed by atoms with Gasteiger partial charge in [0.25, 0.3) is 0 Å². The number of hydrogen-bond donors (Lipinski definition) is 0. The molecule has 19 heavy (non-hydrogen) atoms. The number of nitrogens with zero attached hydrogens (tertiary/aromatic N) is 1. The summed E-state index contributed by atoms with van der Waals surface area (Å²) < 4.78 is 10.8. The Bertz CT molecular complexity index is 435. The third-order valence-corrected chi connectivity index (χ3v) is 3.06. The van der Waals surface area contributed by atoms with E-state index in [1.165, 1.54) is 0 Å². The van der Waals surface area contributed by atoms with E-state index in [9.17, 15) is 4.79 Å². The minimum atomic E-state index is -0.179. The highest BCUT2D eigenvalue weighted by molar-refractivity contribution is 9.10. The SMILES string of the molecule is CCOc1ccc(CN(C)C(=O)C(C)Br)cc1OC. The van der Waals surface area contributed by atoms with Crippen molar-refractivity contribution in [3.63, 3.8) is 0 Å². The molecule has 0 aliphatic rings. The number of halogens is 1. The van der Waals surface area contributed by atoms with E-state index in [2.05, 4.69) is 15.9 Å². The first-order valence-corrected chi connectivity index (χ1v) is 7.09. The lowest BCUT2D eigenvalue weighted by Gasteiger charge is -2.19. The van der Waals surface area contributed by atoms with Gasteiger partial charge in [-0.25, -0.2) is 0 Å². The Balaban J connectivity index is 2.82. The Morgan fingerprint density at radius 1 is 1.42 bits per heavy atom. The molecule has 1 atom stereocenters. The number of hydrogen-bond acceptors (Lipinski definition) is 3. The molecule has 106 valence electrons. The summed E-state index contributed by atoms with van der Waals surface area (Å²) in [7, 11) is 3.39. The molecule has 0 heterocycles. The summed E-state index contributed by atoms with van der Waals surface area (Å²) in [6.07, 6.45) is 0. The lowest BCUT2D eigenvalue weighted by atomic mass is 10.2. The van der Waals surface area contributed by atoms with Gasteiger partial charge in [-0.05, 0) is 31.5 Å². The fourth-order valence-corrected chi connectivity index (χ4v) is 2.09. The maximum Gasteiger partial charge on any atom is 0.236 e. The lowest BCUT2D eigenvalue weighted by molar-refractivity contribution is -0.129. The van der Waals surface area contributed by atoms with Crippen LogP contribution < -0.4 is 9.47 Å². The molecule has 4 nitrogen and oxygen atoms in total. The standard InChI is InChI=1S/C14H20BrNO3/c1-5-19-12-7-6-11(8-13(12)18-4)9-16(3)14(17)10(2)15/h6-8,10H,5,9H2,1-4H3. The van der Waals surface area contributed by atoms with Crippen molar-refractivity contribution in [3.05, 3.63) is 23.8 Å². The molecule has 0 bridgehead atoms. The van der Waals surface area contributed by atoms with E-state index in [0.29, 0.717) is 18.9 Å². The number of ether oxygens (including phenoxy) is 2. The van der Waals surface area contributed by atoms with Crippen LogP contribution in [-0.4, -0.2) is 36.4 Å². The van der Waals surface area contributed by atoms with Crippen LogP contribution in [-0.2, 0) is 11.3 Å². The molecule has 0 N–H and O–H groups in total. The first-order valence-electron chi connectivity index (χ1n) is 6.18. The van der Waals surface area contributed by atoms with E-state index in [-0.39, 0.29) is 10.7 Å². The molecule has 0 aromatic heterocycles. The van der Waals surface area contributed by atoms with E-state index in [4.69, 9.17) is 9.47 Å². The molecule has 1 aromatic carbocycles. The minimum Gasteiger partial charge on any atom is -0.493 e. The van der Waals surface area contributed by atoms with Crippen molar-refractivity contribution in [2.75, 3.05) is 20.8 Å². The van der Waals surface area contributed by atoms with Gasteiger partial charge in [-0.3, -0.25) is 4.79 Å². The summed E-state index contributed by atoms with van der Waals surface area (Å²) in [5, 5.41) is 0. The third-order valence-electron chi connectivity index (χ3n) is 2.66. The van der Waals surface area contributed by atoms with Gasteiger partial charge in [-0.2, -0.15) is 0 Å². The topological polar surface area (TPSA) is 38.8 Å². The van der Waals surface area contributed by atoms with Gasteiger partial charge >= 0.3 is 0 Å². The Labute approximate surface area is 122 Å². The van der Waals surface area contributed by atoms with Crippen LogP contribution in [0.4, 0.5) is 0 Å². The van der Waals surface area contributed by atoms with Gasteiger partial charge in [0.05, 0.1) is 18.5 Å². The number of carbonyl (C=O) groups is 1. The second kappa shape index (κ2) is 7.38. The van der Waals surface area contributed by atoms with Gasteiger partial charge in [0.1, 0.15) is 0 Å². The van der Waals surface area contributed by atoms with Gasteiger partial charge in [-0.1, -0.05) is 22.0 Å². The van der Waals surface area contributed by atoms with E-state index in [1.807, 2.05) is 32.0 Å². The molecule has 0 fully saturated rings. The van der Waals surface area contributed by atoms with Gasteiger partial charge < -0.3 is 14.4 Å². The largest absolute Gasteiger partial charge is 0.493 e. The van der Waals surface area contributed by atoms with Crippen LogP contribution >= 0.6 is 15.9 Å². The van der Waals surface area contributed by atoms with E-state index in [0.717, 1.165) is 11.3 Å². The van der Waals surface area contributed by atoms with Crippen LogP contribution in [0.1, 0.15) is 19.4 Å². The highest BCUT2D eigenvalue weighted by atomic mass is 79.9. The van der Waals surface area contributed by atoms with Crippen LogP contribution in [0, 0.1) is 0 Å². The molecule has 0 saturated heterocycles. The van der Waals surface area contributed by atoms with Gasteiger partial charge in [0.15, 0.2) is 11.5 Å². The third kappa shape index (κ3) is 4.42. The zero-order valence-corrected chi connectivity index (χ0v) is 13.4. The van der Waals surface area contributed by atoms with Crippen LogP contribution in [0.25, 0.3) is 0 Å². The van der Waals surface area contributed by atoms with Crippen molar-refractivity contribution in [1.82, 2.24) is 4.90 Å². The molecule has 0 aliphatic heterocycles. The molecular weight excluding hydrogens is 310 g/mol. The monoisotopic (exact) mass is 329 g/mol. The molecule has 0 saturated carbocycles. The lowest BCUT2D eigenvalue weighted by Crippen LogP contribution is -2.31. The summed E-state index contributed by atoms with van der Waals surface area (Å²) in [5.74, 6) is 1.46. The quantitative estimate of drug-likeness (QED) is 0.753. The molecule has 0 aliphatic carbocycles. The molecular formula is C14H20BrNO3. The normalized spacial score (nSPS) is 11.8. The number of amides is 1. The summed E-state index contributed by atoms with van der Waals surface area (Å²) in [6, 6.07) is 5.71. The van der Waals surface area contributed by atoms with Crippen LogP contribution in [0.15, 0.2) is 18.2 Å². The predicted molar refractivity (Wildman–Crippen MR) is 79.0 cm³/mol. The second-order valence-corrected chi connectivity index (χ2v) is 5.60. The molecule has 1 amide bonds. The number of carbonyl (C=O) groups excluding carboxylic acids is 1. The van der Waals surface area contributed by atoms with Crippen molar-refractivity contribution in [2.24, 2.45) is 0 Å². The van der Waals surface area contributed by atoms with Crippen LogP contribution in [0.2, 0.25) is 0 Å². The van der Waals surface area contributed by atoms with Gasteiger partial charge in [0, 0.05) is 13.6 Å². The fourth-order valence-electron chi connectivity index (χ4n) is 1.74. The van der Waals surface area contributed by atoms with Crippen LogP contribution in [0.5, 0.6) is 11.5 Å². The Morgan fingerprint density at radius 2 is 2.11 bits per heavy atom. The molecule has 1 aromatic rings. The predicted octanol–water partition coefficient (Wildman–Crippen LogP) is 2.84. The molecule has 0 radical (unpaired) electrons. The number of methoxy groups -OCH3 is 1. The van der Waals surface area contributed by atoms with E-state index >= 15 is 0 Å². The van der Waals surface area contributed by atoms with Crippen molar-refractivity contribution in [2.45, 2.75) is 25.2 Å². The van der Waals surface area contributed by atoms with Gasteiger partial charge in [0.2, 0.25) is 5.91 Å². The summed E-state index contributed by atoms with van der Waals surface area (Å²) in [6.45, 7) is 4.88. The number of benzene rings is 1. The van der Waals surface area contributed by atoms with Gasteiger partial charge in [-0.15, -0.1) is 0 Å². The minimum absolute atomic E-state index is 0.0489. The average Bonchev–Trinajstić information content (AvgIpc) is 2.39. The molecule has 5 heteroatoms. The average molecular weight is 330 g/mol. The Morgan fingerprint density at radius 3 is 2.63 bits per heavy atom. The first-order chi connectivity index (χ1) is 8.99. The van der Waals surface area contributed by atoms with Crippen molar-refractivity contribution >= 4 is 21.8 Å². The number of rotatable bonds is 6. The molecule has 1 unspecified atom stereocenters. The zero-order chi connectivity index (χ0) is 14.4. The van der Waals surface area contributed by atoms with E-state index < -0.39 is 0 Å². The number of alkyl halides is 1. The maximum absolute atomic E-state index is 11.8. The fraction of sp³-hybridized carbons (Fsp3) is 0.500. The van der Waals surface area contributed by atoms with Crippen molar-refractivity contribution < 1.29 is 14.3 Å². The Kier molecular flexibility index (Phi) is 6.15. The summed E-state index contributed by atoms with van der Waals surface area (Å²) in [5.41, 5.74) is 1.00. The smallest absolute Gasteiger partial charge is 0.236 e. The maximum atomic E-state index is 11.8. The highest BCUT2D eigenvalue weighted by Crippen LogP contribution is 2.28.